The molecule has 0 aromatic heterocycles. The van der Waals surface area contributed by atoms with Crippen molar-refractivity contribution in [3.8, 4) is 0 Å². The topological polar surface area (TPSA) is 41.1 Å². The number of rotatable bonds is 5. The average molecular weight is 296 g/mol. The van der Waals surface area contributed by atoms with Crippen molar-refractivity contribution in [1.82, 2.24) is 10.6 Å². The highest BCUT2D eigenvalue weighted by Gasteiger charge is 2.21. The number of nitrogens with one attached hydrogen (secondary N) is 2. The normalized spacial score (nSPS) is 22.0. The van der Waals surface area contributed by atoms with Gasteiger partial charge in [0.2, 0.25) is 5.91 Å². The first-order valence-corrected chi connectivity index (χ1v) is 7.53. The Morgan fingerprint density at radius 2 is 2.19 bits per heavy atom. The fraction of sp³-hybridized carbons (Fsp3) is 0.562. The van der Waals surface area contributed by atoms with Crippen LogP contribution in [0.25, 0.3) is 0 Å². The molecular formula is C16H22F2N2O. The van der Waals surface area contributed by atoms with Crippen molar-refractivity contribution in [2.45, 2.75) is 51.1 Å². The van der Waals surface area contributed by atoms with Crippen LogP contribution in [0, 0.1) is 11.6 Å². The van der Waals surface area contributed by atoms with Gasteiger partial charge in [0.15, 0.2) is 11.6 Å². The lowest BCUT2D eigenvalue weighted by molar-refractivity contribution is -0.122. The molecule has 2 N–H and O–H groups in total. The van der Waals surface area contributed by atoms with E-state index in [1.165, 1.54) is 6.07 Å². The molecule has 0 spiro atoms. The summed E-state index contributed by atoms with van der Waals surface area (Å²) in [5, 5.41) is 6.38. The van der Waals surface area contributed by atoms with Gasteiger partial charge in [-0.3, -0.25) is 4.79 Å². The molecule has 1 aliphatic heterocycles. The van der Waals surface area contributed by atoms with E-state index >= 15 is 0 Å². The number of benzene rings is 1. The van der Waals surface area contributed by atoms with Gasteiger partial charge >= 0.3 is 0 Å². The van der Waals surface area contributed by atoms with Crippen LogP contribution in [0.4, 0.5) is 8.78 Å². The predicted molar refractivity (Wildman–Crippen MR) is 77.9 cm³/mol. The van der Waals surface area contributed by atoms with Gasteiger partial charge in [0, 0.05) is 18.5 Å². The SMILES string of the molecule is CC1NCCCC1NC(=O)CCCc1ccc(F)c(F)c1. The lowest BCUT2D eigenvalue weighted by atomic mass is 9.99. The molecule has 2 atom stereocenters. The molecule has 116 valence electrons. The number of hydrogen-bond donors (Lipinski definition) is 2. The first-order chi connectivity index (χ1) is 10.1. The smallest absolute Gasteiger partial charge is 0.220 e. The van der Waals surface area contributed by atoms with Crippen LogP contribution in [0.5, 0.6) is 0 Å². The molecule has 1 aromatic rings. The molecule has 3 nitrogen and oxygen atoms in total. The number of carbonyl (C=O) groups excluding carboxylic acids is 1. The Hall–Kier alpha value is -1.49. The number of hydrogen-bond acceptors (Lipinski definition) is 2. The summed E-state index contributed by atoms with van der Waals surface area (Å²) in [7, 11) is 0. The van der Waals surface area contributed by atoms with E-state index in [1.54, 1.807) is 6.07 Å². The lowest BCUT2D eigenvalue weighted by Gasteiger charge is -2.30. The van der Waals surface area contributed by atoms with Crippen LogP contribution in [-0.2, 0) is 11.2 Å². The van der Waals surface area contributed by atoms with Crippen LogP contribution in [0.1, 0.15) is 38.2 Å². The Morgan fingerprint density at radius 1 is 1.38 bits per heavy atom. The Balaban J connectivity index is 1.72. The van der Waals surface area contributed by atoms with Crippen molar-refractivity contribution in [3.63, 3.8) is 0 Å². The summed E-state index contributed by atoms with van der Waals surface area (Å²) in [5.41, 5.74) is 0.717. The second-order valence-electron chi connectivity index (χ2n) is 5.66. The molecule has 1 amide bonds. The minimum atomic E-state index is -0.838. The second kappa shape index (κ2) is 7.50. The van der Waals surface area contributed by atoms with Crippen molar-refractivity contribution in [3.05, 3.63) is 35.4 Å². The van der Waals surface area contributed by atoms with E-state index in [-0.39, 0.29) is 11.9 Å². The van der Waals surface area contributed by atoms with Gasteiger partial charge in [-0.1, -0.05) is 6.07 Å². The number of aryl methyl sites for hydroxylation is 1. The molecule has 1 heterocycles. The zero-order valence-corrected chi connectivity index (χ0v) is 12.3. The van der Waals surface area contributed by atoms with Gasteiger partial charge in [0.1, 0.15) is 0 Å². The maximum absolute atomic E-state index is 13.1. The fourth-order valence-electron chi connectivity index (χ4n) is 2.67. The second-order valence-corrected chi connectivity index (χ2v) is 5.66. The quantitative estimate of drug-likeness (QED) is 0.877. The number of halogens is 2. The third kappa shape index (κ3) is 4.77. The van der Waals surface area contributed by atoms with Crippen molar-refractivity contribution in [2.75, 3.05) is 6.54 Å². The molecule has 1 aliphatic rings. The molecule has 2 rings (SSSR count). The minimum Gasteiger partial charge on any atom is -0.352 e. The summed E-state index contributed by atoms with van der Waals surface area (Å²) < 4.78 is 25.9. The first kappa shape index (κ1) is 15.9. The van der Waals surface area contributed by atoms with Gasteiger partial charge in [-0.25, -0.2) is 8.78 Å². The van der Waals surface area contributed by atoms with Gasteiger partial charge in [0.25, 0.3) is 0 Å². The van der Waals surface area contributed by atoms with Crippen molar-refractivity contribution < 1.29 is 13.6 Å². The standard InChI is InChI=1S/C16H22F2N2O/c1-11-15(5-3-9-19-11)20-16(21)6-2-4-12-7-8-13(17)14(18)10-12/h7-8,10-11,15,19H,2-6,9H2,1H3,(H,20,21). The third-order valence-electron chi connectivity index (χ3n) is 3.96. The van der Waals surface area contributed by atoms with E-state index in [1.807, 2.05) is 0 Å². The molecule has 1 aromatic carbocycles. The van der Waals surface area contributed by atoms with Crippen LogP contribution in [-0.4, -0.2) is 24.5 Å². The van der Waals surface area contributed by atoms with Gasteiger partial charge in [0.05, 0.1) is 0 Å². The van der Waals surface area contributed by atoms with Gasteiger partial charge in [-0.2, -0.15) is 0 Å². The van der Waals surface area contributed by atoms with Crippen LogP contribution in [0.3, 0.4) is 0 Å². The molecule has 1 fully saturated rings. The lowest BCUT2D eigenvalue weighted by Crippen LogP contribution is -2.51. The number of piperidine rings is 1. The van der Waals surface area contributed by atoms with Gasteiger partial charge < -0.3 is 10.6 Å². The Labute approximate surface area is 124 Å². The number of amides is 1. The van der Waals surface area contributed by atoms with Crippen molar-refractivity contribution in [1.29, 1.82) is 0 Å². The Bertz CT molecular complexity index is 493. The van der Waals surface area contributed by atoms with E-state index in [9.17, 15) is 13.6 Å². The molecule has 0 aliphatic carbocycles. The monoisotopic (exact) mass is 296 g/mol. The highest BCUT2D eigenvalue weighted by atomic mass is 19.2. The van der Waals surface area contributed by atoms with E-state index in [0.717, 1.165) is 31.0 Å². The largest absolute Gasteiger partial charge is 0.352 e. The van der Waals surface area contributed by atoms with E-state index in [2.05, 4.69) is 17.6 Å². The summed E-state index contributed by atoms with van der Waals surface area (Å²) >= 11 is 0. The first-order valence-electron chi connectivity index (χ1n) is 7.53. The molecular weight excluding hydrogens is 274 g/mol. The maximum atomic E-state index is 13.1. The van der Waals surface area contributed by atoms with Crippen molar-refractivity contribution in [2.24, 2.45) is 0 Å². The average Bonchev–Trinajstić information content (AvgIpc) is 2.45. The highest BCUT2D eigenvalue weighted by Crippen LogP contribution is 2.12. The zero-order valence-electron chi connectivity index (χ0n) is 12.3. The molecule has 0 saturated carbocycles. The fourth-order valence-corrected chi connectivity index (χ4v) is 2.67. The maximum Gasteiger partial charge on any atom is 0.220 e. The van der Waals surface area contributed by atoms with Crippen molar-refractivity contribution >= 4 is 5.91 Å². The summed E-state index contributed by atoms with van der Waals surface area (Å²) in [6, 6.07) is 4.37. The molecule has 0 bridgehead atoms. The zero-order chi connectivity index (χ0) is 15.2. The summed E-state index contributed by atoms with van der Waals surface area (Å²) in [5.74, 6) is -1.65. The van der Waals surface area contributed by atoms with E-state index in [0.29, 0.717) is 25.3 Å². The Morgan fingerprint density at radius 3 is 2.90 bits per heavy atom. The van der Waals surface area contributed by atoms with Crippen LogP contribution >= 0.6 is 0 Å². The third-order valence-corrected chi connectivity index (χ3v) is 3.96. The Kier molecular flexibility index (Phi) is 5.67. The van der Waals surface area contributed by atoms with Crippen LogP contribution < -0.4 is 10.6 Å². The molecule has 21 heavy (non-hydrogen) atoms. The minimum absolute atomic E-state index is 0.0260. The predicted octanol–water partition coefficient (Wildman–Crippen LogP) is 2.54. The summed E-state index contributed by atoms with van der Waals surface area (Å²) in [6.45, 7) is 3.08. The highest BCUT2D eigenvalue weighted by molar-refractivity contribution is 5.76. The van der Waals surface area contributed by atoms with E-state index in [4.69, 9.17) is 0 Å². The molecule has 1 saturated heterocycles. The van der Waals surface area contributed by atoms with Gasteiger partial charge in [-0.05, 0) is 56.8 Å². The molecule has 5 heteroatoms. The molecule has 2 unspecified atom stereocenters. The summed E-state index contributed by atoms with van der Waals surface area (Å²) in [6.07, 6.45) is 3.68. The molecule has 0 radical (unpaired) electrons. The van der Waals surface area contributed by atoms with Crippen LogP contribution in [0.15, 0.2) is 18.2 Å². The van der Waals surface area contributed by atoms with Crippen LogP contribution in [0.2, 0.25) is 0 Å². The number of carbonyl (C=O) groups is 1. The van der Waals surface area contributed by atoms with E-state index < -0.39 is 11.6 Å². The summed E-state index contributed by atoms with van der Waals surface area (Å²) in [4.78, 5) is 11.9. The van der Waals surface area contributed by atoms with Gasteiger partial charge in [-0.15, -0.1) is 0 Å².